The molecule has 2 rings (SSSR count). The highest BCUT2D eigenvalue weighted by Crippen LogP contribution is 2.43. The lowest BCUT2D eigenvalue weighted by molar-refractivity contribution is 0.457. The third-order valence-corrected chi connectivity index (χ3v) is 2.97. The Morgan fingerprint density at radius 3 is 1.33 bits per heavy atom. The van der Waals surface area contributed by atoms with Crippen LogP contribution in [0.3, 0.4) is 0 Å². The summed E-state index contributed by atoms with van der Waals surface area (Å²) < 4.78 is 0. The zero-order valence-corrected chi connectivity index (χ0v) is 6.10. The van der Waals surface area contributed by atoms with Crippen LogP contribution in [0.15, 0.2) is 0 Å². The molecule has 0 aromatic heterocycles. The maximum absolute atomic E-state index is 1.56. The van der Waals surface area contributed by atoms with Gasteiger partial charge in [-0.1, -0.05) is 38.5 Å². The molecular formula is C8H17N. The quantitative estimate of drug-likeness (QED) is 0.533. The molecule has 2 saturated carbocycles. The molecule has 54 valence electrons. The Morgan fingerprint density at radius 2 is 1.00 bits per heavy atom. The maximum atomic E-state index is 1.56. The molecule has 0 aliphatic heterocycles. The van der Waals surface area contributed by atoms with Crippen LogP contribution in [0.2, 0.25) is 0 Å². The first-order valence-electron chi connectivity index (χ1n) is 3.97. The van der Waals surface area contributed by atoms with E-state index in [0.717, 1.165) is 0 Å². The van der Waals surface area contributed by atoms with Gasteiger partial charge in [-0.05, 0) is 11.8 Å². The predicted molar refractivity (Wildman–Crippen MR) is 39.7 cm³/mol. The minimum absolute atomic E-state index is 0. The van der Waals surface area contributed by atoms with Crippen LogP contribution >= 0.6 is 0 Å². The van der Waals surface area contributed by atoms with E-state index in [4.69, 9.17) is 0 Å². The molecule has 0 aromatic rings. The average molecular weight is 127 g/mol. The summed E-state index contributed by atoms with van der Waals surface area (Å²) in [5.74, 6) is 2.35. The molecule has 2 aliphatic carbocycles. The third kappa shape index (κ3) is 1.11. The Kier molecular flexibility index (Phi) is 2.12. The Bertz CT molecular complexity index is 70.6. The lowest BCUT2D eigenvalue weighted by Crippen LogP contribution is -1.95. The maximum Gasteiger partial charge on any atom is -0.0386 e. The van der Waals surface area contributed by atoms with Crippen LogP contribution in [0.4, 0.5) is 0 Å². The fourth-order valence-corrected chi connectivity index (χ4v) is 2.52. The minimum Gasteiger partial charge on any atom is -0.344 e. The van der Waals surface area contributed by atoms with E-state index >= 15 is 0 Å². The average Bonchev–Trinajstić information content (AvgIpc) is 2.15. The fraction of sp³-hybridized carbons (Fsp3) is 1.00. The second-order valence-corrected chi connectivity index (χ2v) is 3.38. The molecule has 0 heterocycles. The molecule has 0 amide bonds. The summed E-state index contributed by atoms with van der Waals surface area (Å²) in [4.78, 5) is 0. The van der Waals surface area contributed by atoms with Gasteiger partial charge >= 0.3 is 0 Å². The highest BCUT2D eigenvalue weighted by Gasteiger charge is 2.30. The summed E-state index contributed by atoms with van der Waals surface area (Å²) in [5.41, 5.74) is 0. The predicted octanol–water partition coefficient (Wildman–Crippen LogP) is 2.75. The summed E-state index contributed by atoms with van der Waals surface area (Å²) >= 11 is 0. The van der Waals surface area contributed by atoms with Crippen molar-refractivity contribution in [2.75, 3.05) is 0 Å². The Labute approximate surface area is 57.4 Å². The standard InChI is InChI=1S/C8H14.H3N/c1-3-7-5-2-6-8(7)4-1;/h7-8H,1-6H2;1H3. The van der Waals surface area contributed by atoms with Gasteiger partial charge in [-0.2, -0.15) is 0 Å². The first kappa shape index (κ1) is 7.07. The smallest absolute Gasteiger partial charge is 0.0386 e. The van der Waals surface area contributed by atoms with Crippen LogP contribution in [0.5, 0.6) is 0 Å². The molecule has 3 N–H and O–H groups in total. The van der Waals surface area contributed by atoms with Crippen molar-refractivity contribution in [1.82, 2.24) is 6.15 Å². The van der Waals surface area contributed by atoms with Crippen molar-refractivity contribution in [2.24, 2.45) is 11.8 Å². The van der Waals surface area contributed by atoms with E-state index < -0.39 is 0 Å². The molecule has 0 unspecified atom stereocenters. The van der Waals surface area contributed by atoms with Gasteiger partial charge in [0.15, 0.2) is 0 Å². The molecule has 0 saturated heterocycles. The van der Waals surface area contributed by atoms with E-state index in [1.54, 1.807) is 25.7 Å². The van der Waals surface area contributed by atoms with Crippen molar-refractivity contribution in [1.29, 1.82) is 0 Å². The lowest BCUT2D eigenvalue weighted by Gasteiger charge is -2.04. The summed E-state index contributed by atoms with van der Waals surface area (Å²) in [6.45, 7) is 0. The molecular weight excluding hydrogens is 110 g/mol. The minimum atomic E-state index is 0. The Balaban J connectivity index is 0.000000405. The van der Waals surface area contributed by atoms with Gasteiger partial charge in [-0.3, -0.25) is 0 Å². The molecule has 0 aromatic carbocycles. The van der Waals surface area contributed by atoms with Gasteiger partial charge in [0.25, 0.3) is 0 Å². The number of fused-ring (bicyclic) bond motifs is 1. The molecule has 2 aliphatic rings. The lowest BCUT2D eigenvalue weighted by atomic mass is 10.0. The molecule has 2 fully saturated rings. The third-order valence-electron chi connectivity index (χ3n) is 2.97. The van der Waals surface area contributed by atoms with Crippen LogP contribution in [0, 0.1) is 11.8 Å². The number of rotatable bonds is 0. The van der Waals surface area contributed by atoms with Crippen molar-refractivity contribution in [2.45, 2.75) is 38.5 Å². The Hall–Kier alpha value is -0.0400. The number of hydrogen-bond acceptors (Lipinski definition) is 1. The largest absolute Gasteiger partial charge is 0.344 e. The summed E-state index contributed by atoms with van der Waals surface area (Å²) in [5, 5.41) is 0. The highest BCUT2D eigenvalue weighted by molar-refractivity contribution is 4.82. The van der Waals surface area contributed by atoms with Crippen molar-refractivity contribution >= 4 is 0 Å². The molecule has 1 nitrogen and oxygen atoms in total. The SMILES string of the molecule is C1CC2CCCC2C1.N. The normalized spacial score (nSPS) is 40.0. The summed E-state index contributed by atoms with van der Waals surface area (Å²) in [7, 11) is 0. The topological polar surface area (TPSA) is 35.0 Å². The first-order valence-corrected chi connectivity index (χ1v) is 3.97. The van der Waals surface area contributed by atoms with Crippen LogP contribution < -0.4 is 6.15 Å². The van der Waals surface area contributed by atoms with E-state index in [9.17, 15) is 0 Å². The van der Waals surface area contributed by atoms with Gasteiger partial charge in [0, 0.05) is 0 Å². The van der Waals surface area contributed by atoms with Crippen molar-refractivity contribution in [3.05, 3.63) is 0 Å². The highest BCUT2D eigenvalue weighted by atomic mass is 14.4. The zero-order valence-electron chi connectivity index (χ0n) is 6.10. The van der Waals surface area contributed by atoms with Crippen LogP contribution in [0.1, 0.15) is 38.5 Å². The first-order chi connectivity index (χ1) is 3.97. The van der Waals surface area contributed by atoms with Gasteiger partial charge in [-0.15, -0.1) is 0 Å². The fourth-order valence-electron chi connectivity index (χ4n) is 2.52. The molecule has 0 bridgehead atoms. The molecule has 0 radical (unpaired) electrons. The van der Waals surface area contributed by atoms with Gasteiger partial charge in [0.1, 0.15) is 0 Å². The van der Waals surface area contributed by atoms with E-state index in [2.05, 4.69) is 0 Å². The van der Waals surface area contributed by atoms with Crippen molar-refractivity contribution in [3.8, 4) is 0 Å². The molecule has 0 spiro atoms. The van der Waals surface area contributed by atoms with Crippen molar-refractivity contribution in [3.63, 3.8) is 0 Å². The second kappa shape index (κ2) is 2.70. The van der Waals surface area contributed by atoms with E-state index in [0.29, 0.717) is 0 Å². The van der Waals surface area contributed by atoms with Gasteiger partial charge in [0.2, 0.25) is 0 Å². The van der Waals surface area contributed by atoms with E-state index in [1.807, 2.05) is 0 Å². The summed E-state index contributed by atoms with van der Waals surface area (Å²) in [6, 6.07) is 0. The second-order valence-electron chi connectivity index (χ2n) is 3.38. The molecule has 9 heavy (non-hydrogen) atoms. The zero-order chi connectivity index (χ0) is 5.40. The van der Waals surface area contributed by atoms with Crippen molar-refractivity contribution < 1.29 is 0 Å². The number of hydrogen-bond donors (Lipinski definition) is 1. The Morgan fingerprint density at radius 1 is 0.667 bits per heavy atom. The van der Waals surface area contributed by atoms with Crippen LogP contribution in [0.25, 0.3) is 0 Å². The van der Waals surface area contributed by atoms with E-state index in [1.165, 1.54) is 24.7 Å². The molecule has 0 atom stereocenters. The van der Waals surface area contributed by atoms with E-state index in [-0.39, 0.29) is 6.15 Å². The van der Waals surface area contributed by atoms with Crippen LogP contribution in [-0.2, 0) is 0 Å². The van der Waals surface area contributed by atoms with Gasteiger partial charge in [0.05, 0.1) is 0 Å². The molecule has 1 heteroatoms. The summed E-state index contributed by atoms with van der Waals surface area (Å²) in [6.07, 6.45) is 9.31. The van der Waals surface area contributed by atoms with Gasteiger partial charge in [-0.25, -0.2) is 0 Å². The monoisotopic (exact) mass is 127 g/mol. The van der Waals surface area contributed by atoms with Gasteiger partial charge < -0.3 is 6.15 Å². The van der Waals surface area contributed by atoms with Crippen LogP contribution in [-0.4, -0.2) is 0 Å².